The Hall–Kier alpha value is -2.86. The Bertz CT molecular complexity index is 1520. The molecule has 0 saturated heterocycles. The number of hydrogen-bond donors (Lipinski definition) is 3. The van der Waals surface area contributed by atoms with Gasteiger partial charge in [-0.2, -0.15) is 13.2 Å². The standard InChI is InChI=1S/C24H13Cl4F6N3O2/c25-12-2-1-9(7-10(12)21(38)37-15-4-3-13(29)20(35)19(15)31)36-22(39)17-16(23(17,27)28)8-5-11(24(32,33)34)18(26)14(30)6-8/h1-7,16-17H,35H2,(H,36,39)(H,37,38). The van der Waals surface area contributed by atoms with E-state index in [0.717, 1.165) is 18.2 Å². The van der Waals surface area contributed by atoms with Crippen LogP contribution in [-0.2, 0) is 11.0 Å². The summed E-state index contributed by atoms with van der Waals surface area (Å²) in [5, 5.41) is 3.35. The lowest BCUT2D eigenvalue weighted by Gasteiger charge is -2.12. The number of alkyl halides is 5. The van der Waals surface area contributed by atoms with E-state index in [9.17, 15) is 35.9 Å². The summed E-state index contributed by atoms with van der Waals surface area (Å²) in [4.78, 5) is 25.6. The van der Waals surface area contributed by atoms with Crippen LogP contribution in [0.1, 0.15) is 27.4 Å². The van der Waals surface area contributed by atoms with Crippen LogP contribution in [0.15, 0.2) is 42.5 Å². The molecular formula is C24H13Cl4F6N3O2. The van der Waals surface area contributed by atoms with Crippen LogP contribution in [0, 0.1) is 23.4 Å². The molecule has 5 nitrogen and oxygen atoms in total. The monoisotopic (exact) mass is 629 g/mol. The molecule has 1 fully saturated rings. The van der Waals surface area contributed by atoms with Crippen LogP contribution < -0.4 is 16.4 Å². The Balaban J connectivity index is 1.55. The van der Waals surface area contributed by atoms with Gasteiger partial charge in [-0.3, -0.25) is 9.59 Å². The molecule has 3 aromatic carbocycles. The summed E-state index contributed by atoms with van der Waals surface area (Å²) in [6.07, 6.45) is -4.98. The molecular weight excluding hydrogens is 618 g/mol. The highest BCUT2D eigenvalue weighted by atomic mass is 35.5. The maximum atomic E-state index is 14.2. The number of halogens is 10. The van der Waals surface area contributed by atoms with Gasteiger partial charge in [0.25, 0.3) is 5.91 Å². The number of hydrogen-bond acceptors (Lipinski definition) is 3. The number of nitrogen functional groups attached to an aromatic ring is 1. The largest absolute Gasteiger partial charge is 0.417 e. The zero-order valence-electron chi connectivity index (χ0n) is 18.9. The summed E-state index contributed by atoms with van der Waals surface area (Å²) in [5.41, 5.74) is 2.03. The Morgan fingerprint density at radius 3 is 2.23 bits per heavy atom. The normalized spacial score (nSPS) is 18.0. The first kappa shape index (κ1) is 29.1. The van der Waals surface area contributed by atoms with Crippen molar-refractivity contribution < 1.29 is 35.9 Å². The van der Waals surface area contributed by atoms with Crippen LogP contribution in [-0.4, -0.2) is 16.1 Å². The molecule has 0 aromatic heterocycles. The van der Waals surface area contributed by atoms with Crippen LogP contribution in [0.4, 0.5) is 43.4 Å². The summed E-state index contributed by atoms with van der Waals surface area (Å²) in [6.45, 7) is 0. The fourth-order valence-corrected chi connectivity index (χ4v) is 5.16. The molecule has 0 radical (unpaired) electrons. The van der Waals surface area contributed by atoms with Gasteiger partial charge in [0.15, 0.2) is 5.82 Å². The van der Waals surface area contributed by atoms with Crippen molar-refractivity contribution in [3.8, 4) is 0 Å². The highest BCUT2D eigenvalue weighted by Gasteiger charge is 2.68. The SMILES string of the molecule is Nc1c(F)ccc(NC(=O)c2cc(NC(=O)C3C(c4cc(F)c(Cl)c(C(F)(F)F)c4)C3(Cl)Cl)ccc2Cl)c1F. The van der Waals surface area contributed by atoms with Gasteiger partial charge in [-0.05, 0) is 48.0 Å². The molecule has 2 unspecified atom stereocenters. The second kappa shape index (κ2) is 10.3. The number of nitrogens with one attached hydrogen (secondary N) is 2. The molecule has 1 saturated carbocycles. The van der Waals surface area contributed by atoms with Crippen LogP contribution in [0.2, 0.25) is 10.0 Å². The Morgan fingerprint density at radius 2 is 1.59 bits per heavy atom. The van der Waals surface area contributed by atoms with Gasteiger partial charge in [0.05, 0.1) is 32.8 Å². The van der Waals surface area contributed by atoms with Crippen molar-refractivity contribution in [3.05, 3.63) is 86.7 Å². The topological polar surface area (TPSA) is 84.2 Å². The molecule has 2 atom stereocenters. The molecule has 0 heterocycles. The van der Waals surface area contributed by atoms with E-state index < -0.39 is 73.6 Å². The summed E-state index contributed by atoms with van der Waals surface area (Å²) in [5.74, 6) is -7.95. The molecule has 206 valence electrons. The highest BCUT2D eigenvalue weighted by Crippen LogP contribution is 2.65. The zero-order chi connectivity index (χ0) is 29.0. The van der Waals surface area contributed by atoms with Gasteiger partial charge >= 0.3 is 6.18 Å². The van der Waals surface area contributed by atoms with Crippen LogP contribution >= 0.6 is 46.4 Å². The maximum Gasteiger partial charge on any atom is 0.417 e. The Kier molecular flexibility index (Phi) is 7.67. The first-order chi connectivity index (χ1) is 18.0. The summed E-state index contributed by atoms with van der Waals surface area (Å²) in [6, 6.07) is 6.69. The quantitative estimate of drug-likeness (QED) is 0.153. The number of nitrogens with two attached hydrogens (primary N) is 1. The third-order valence-corrected chi connectivity index (χ3v) is 7.56. The first-order valence-corrected chi connectivity index (χ1v) is 12.1. The lowest BCUT2D eigenvalue weighted by molar-refractivity contribution is -0.137. The fourth-order valence-electron chi connectivity index (χ4n) is 3.92. The number of amides is 2. The first-order valence-electron chi connectivity index (χ1n) is 10.6. The zero-order valence-corrected chi connectivity index (χ0v) is 21.9. The van der Waals surface area contributed by atoms with Gasteiger partial charge in [0.1, 0.15) is 21.7 Å². The van der Waals surface area contributed by atoms with Gasteiger partial charge in [-0.25, -0.2) is 13.2 Å². The highest BCUT2D eigenvalue weighted by molar-refractivity contribution is 6.53. The van der Waals surface area contributed by atoms with E-state index >= 15 is 0 Å². The lowest BCUT2D eigenvalue weighted by atomic mass is 10.0. The van der Waals surface area contributed by atoms with E-state index in [4.69, 9.17) is 52.1 Å². The van der Waals surface area contributed by atoms with E-state index in [1.807, 2.05) is 0 Å². The number of carbonyl (C=O) groups excluding carboxylic acids is 2. The summed E-state index contributed by atoms with van der Waals surface area (Å²) in [7, 11) is 0. The maximum absolute atomic E-state index is 14.2. The van der Waals surface area contributed by atoms with Crippen molar-refractivity contribution in [3.63, 3.8) is 0 Å². The molecule has 3 aromatic rings. The van der Waals surface area contributed by atoms with Gasteiger partial charge in [0, 0.05) is 11.6 Å². The second-order valence-electron chi connectivity index (χ2n) is 8.45. The predicted octanol–water partition coefficient (Wildman–Crippen LogP) is 7.79. The summed E-state index contributed by atoms with van der Waals surface area (Å²) < 4.78 is 79.7. The molecule has 39 heavy (non-hydrogen) atoms. The molecule has 0 spiro atoms. The van der Waals surface area contributed by atoms with Crippen molar-refractivity contribution in [1.29, 1.82) is 0 Å². The van der Waals surface area contributed by atoms with Crippen molar-refractivity contribution >= 4 is 75.3 Å². The molecule has 2 amide bonds. The molecule has 0 aliphatic heterocycles. The van der Waals surface area contributed by atoms with Gasteiger partial charge in [-0.15, -0.1) is 23.2 Å². The lowest BCUT2D eigenvalue weighted by Crippen LogP contribution is -2.18. The van der Waals surface area contributed by atoms with E-state index in [1.54, 1.807) is 0 Å². The molecule has 4 rings (SSSR count). The average Bonchev–Trinajstić information content (AvgIpc) is 3.43. The van der Waals surface area contributed by atoms with E-state index in [1.165, 1.54) is 12.1 Å². The minimum Gasteiger partial charge on any atom is -0.394 e. The third kappa shape index (κ3) is 5.58. The van der Waals surface area contributed by atoms with Crippen molar-refractivity contribution in [2.75, 3.05) is 16.4 Å². The fraction of sp³-hybridized carbons (Fsp3) is 0.167. The third-order valence-electron chi connectivity index (χ3n) is 5.90. The smallest absolute Gasteiger partial charge is 0.394 e. The number of benzene rings is 3. The second-order valence-corrected chi connectivity index (χ2v) is 10.7. The van der Waals surface area contributed by atoms with Crippen LogP contribution in [0.5, 0.6) is 0 Å². The van der Waals surface area contributed by atoms with E-state index in [-0.39, 0.29) is 21.8 Å². The van der Waals surface area contributed by atoms with Crippen molar-refractivity contribution in [2.45, 2.75) is 16.4 Å². The average molecular weight is 631 g/mol. The molecule has 1 aliphatic rings. The van der Waals surface area contributed by atoms with Crippen LogP contribution in [0.3, 0.4) is 0 Å². The van der Waals surface area contributed by atoms with Gasteiger partial charge in [-0.1, -0.05) is 23.2 Å². The van der Waals surface area contributed by atoms with E-state index in [0.29, 0.717) is 12.1 Å². The molecule has 4 N–H and O–H groups in total. The number of anilines is 3. The molecule has 0 bridgehead atoms. The number of carbonyl (C=O) groups is 2. The van der Waals surface area contributed by atoms with E-state index in [2.05, 4.69) is 10.6 Å². The van der Waals surface area contributed by atoms with Crippen molar-refractivity contribution in [1.82, 2.24) is 0 Å². The predicted molar refractivity (Wildman–Crippen MR) is 136 cm³/mol. The Morgan fingerprint density at radius 1 is 0.923 bits per heavy atom. The Labute approximate surface area is 236 Å². The molecule has 1 aliphatic carbocycles. The minimum atomic E-state index is -4.98. The van der Waals surface area contributed by atoms with Crippen LogP contribution in [0.25, 0.3) is 0 Å². The van der Waals surface area contributed by atoms with Gasteiger partial charge < -0.3 is 16.4 Å². The van der Waals surface area contributed by atoms with Gasteiger partial charge in [0.2, 0.25) is 5.91 Å². The minimum absolute atomic E-state index is 0.0123. The summed E-state index contributed by atoms with van der Waals surface area (Å²) >= 11 is 23.9. The molecule has 15 heteroatoms. The van der Waals surface area contributed by atoms with Crippen molar-refractivity contribution in [2.24, 2.45) is 5.92 Å². The number of rotatable bonds is 5.